The van der Waals surface area contributed by atoms with Crippen molar-refractivity contribution in [3.05, 3.63) is 63.2 Å². The quantitative estimate of drug-likeness (QED) is 0.486. The van der Waals surface area contributed by atoms with E-state index >= 15 is 0 Å². The molecule has 3 rings (SSSR count). The van der Waals surface area contributed by atoms with Crippen molar-refractivity contribution < 1.29 is 9.00 Å². The average molecular weight is 400 g/mol. The van der Waals surface area contributed by atoms with Gasteiger partial charge in [-0.15, -0.1) is 0 Å². The highest BCUT2D eigenvalue weighted by molar-refractivity contribution is 9.10. The molecule has 0 saturated carbocycles. The highest BCUT2D eigenvalue weighted by Crippen LogP contribution is 2.26. The van der Waals surface area contributed by atoms with Gasteiger partial charge in [0.15, 0.2) is 0 Å². The number of hydrogen-bond acceptors (Lipinski definition) is 4. The second kappa shape index (κ2) is 6.91. The van der Waals surface area contributed by atoms with Crippen molar-refractivity contribution in [1.82, 2.24) is 4.98 Å². The van der Waals surface area contributed by atoms with E-state index in [1.54, 1.807) is 47.9 Å². The first-order valence-corrected chi connectivity index (χ1v) is 8.86. The molecule has 7 heteroatoms. The summed E-state index contributed by atoms with van der Waals surface area (Å²) in [5, 5.41) is 13.5. The van der Waals surface area contributed by atoms with Crippen LogP contribution in [0, 0.1) is 11.3 Å². The van der Waals surface area contributed by atoms with Gasteiger partial charge >= 0.3 is 0 Å². The van der Waals surface area contributed by atoms with Gasteiger partial charge in [-0.25, -0.2) is 9.19 Å². The lowest BCUT2D eigenvalue weighted by molar-refractivity contribution is -0.112. The zero-order valence-corrected chi connectivity index (χ0v) is 14.6. The van der Waals surface area contributed by atoms with E-state index in [-0.39, 0.29) is 5.57 Å². The summed E-state index contributed by atoms with van der Waals surface area (Å²) >= 11 is 3.24. The van der Waals surface area contributed by atoms with Crippen molar-refractivity contribution in [3.63, 3.8) is 0 Å². The fourth-order valence-corrected chi connectivity index (χ4v) is 3.52. The van der Waals surface area contributed by atoms with Gasteiger partial charge in [-0.1, -0.05) is 12.1 Å². The molecule has 0 saturated heterocycles. The third-order valence-electron chi connectivity index (χ3n) is 3.25. The number of nitrogens with zero attached hydrogens (tertiary/aromatic N) is 2. The summed E-state index contributed by atoms with van der Waals surface area (Å²) in [4.78, 5) is 17.1. The predicted molar refractivity (Wildman–Crippen MR) is 96.0 cm³/mol. The Labute approximate surface area is 149 Å². The third kappa shape index (κ3) is 3.50. The van der Waals surface area contributed by atoms with Gasteiger partial charge in [0.1, 0.15) is 16.2 Å². The molecule has 24 heavy (non-hydrogen) atoms. The van der Waals surface area contributed by atoms with Crippen LogP contribution >= 0.6 is 15.9 Å². The average Bonchev–Trinajstić information content (AvgIpc) is 2.93. The summed E-state index contributed by atoms with van der Waals surface area (Å²) in [5.74, 6) is -0.545. The molecule has 0 spiro atoms. The Balaban J connectivity index is 1.82. The number of benzene rings is 1. The Morgan fingerprint density at radius 2 is 2.17 bits per heavy atom. The normalized spacial score (nSPS) is 15.7. The molecule has 0 fully saturated rings. The van der Waals surface area contributed by atoms with Crippen molar-refractivity contribution in [2.45, 2.75) is 4.90 Å². The first kappa shape index (κ1) is 16.3. The molecular formula is C17H10BrN3O2S. The fraction of sp³-hybridized carbons (Fsp3) is 0. The molecule has 1 aliphatic heterocycles. The molecule has 118 valence electrons. The van der Waals surface area contributed by atoms with E-state index in [9.17, 15) is 14.3 Å². The molecule has 1 aromatic heterocycles. The van der Waals surface area contributed by atoms with Crippen molar-refractivity contribution in [3.8, 4) is 6.07 Å². The molecular weight excluding hydrogens is 390 g/mol. The zero-order chi connectivity index (χ0) is 17.1. The van der Waals surface area contributed by atoms with Crippen LogP contribution in [-0.2, 0) is 15.6 Å². The van der Waals surface area contributed by atoms with Crippen LogP contribution in [0.3, 0.4) is 0 Å². The van der Waals surface area contributed by atoms with Gasteiger partial charge in [0.25, 0.3) is 5.91 Å². The molecule has 2 aromatic rings. The zero-order valence-electron chi connectivity index (χ0n) is 12.2. The SMILES string of the molecule is N#C/C(=C\c1cccc(Br)n1)C(=O)Nc1ccc2c(c1)S(=O)C=C2. The molecule has 0 radical (unpaired) electrons. The number of fused-ring (bicyclic) bond motifs is 1. The van der Waals surface area contributed by atoms with E-state index in [0.29, 0.717) is 20.9 Å². The maximum atomic E-state index is 12.3. The summed E-state index contributed by atoms with van der Waals surface area (Å²) in [6.07, 6.45) is 3.18. The molecule has 5 nitrogen and oxygen atoms in total. The lowest BCUT2D eigenvalue weighted by Crippen LogP contribution is -2.13. The summed E-state index contributed by atoms with van der Waals surface area (Å²) < 4.78 is 12.4. The van der Waals surface area contributed by atoms with Gasteiger partial charge in [-0.3, -0.25) is 4.79 Å². The van der Waals surface area contributed by atoms with E-state index in [4.69, 9.17) is 0 Å². The topological polar surface area (TPSA) is 82.8 Å². The molecule has 1 N–H and O–H groups in total. The number of hydrogen-bond donors (Lipinski definition) is 1. The Kier molecular flexibility index (Phi) is 4.69. The van der Waals surface area contributed by atoms with Crippen LogP contribution in [0.2, 0.25) is 0 Å². The number of nitriles is 1. The summed E-state index contributed by atoms with van der Waals surface area (Å²) in [7, 11) is -1.20. The number of nitrogens with one attached hydrogen (secondary N) is 1. The lowest BCUT2D eigenvalue weighted by Gasteiger charge is -2.06. The first-order chi connectivity index (χ1) is 11.6. The van der Waals surface area contributed by atoms with Crippen molar-refractivity contribution in [1.29, 1.82) is 5.26 Å². The van der Waals surface area contributed by atoms with Gasteiger partial charge < -0.3 is 5.32 Å². The molecule has 0 aliphatic carbocycles. The van der Waals surface area contributed by atoms with Gasteiger partial charge in [0.2, 0.25) is 0 Å². The van der Waals surface area contributed by atoms with Crippen LogP contribution in [0.4, 0.5) is 5.69 Å². The van der Waals surface area contributed by atoms with Gasteiger partial charge in [-0.2, -0.15) is 5.26 Å². The van der Waals surface area contributed by atoms with E-state index in [1.165, 1.54) is 6.08 Å². The molecule has 1 atom stereocenters. The molecule has 1 aliphatic rings. The fourth-order valence-electron chi connectivity index (χ4n) is 2.13. The minimum Gasteiger partial charge on any atom is -0.321 e. The predicted octanol–water partition coefficient (Wildman–Crippen LogP) is 3.48. The second-order valence-corrected chi connectivity index (χ2v) is 6.98. The number of amides is 1. The van der Waals surface area contributed by atoms with Crippen LogP contribution < -0.4 is 5.32 Å². The number of halogens is 1. The molecule has 1 amide bonds. The number of anilines is 1. The number of carbonyl (C=O) groups is 1. The first-order valence-electron chi connectivity index (χ1n) is 6.85. The molecule has 2 heterocycles. The monoisotopic (exact) mass is 399 g/mol. The van der Waals surface area contributed by atoms with Crippen LogP contribution in [0.15, 0.2) is 56.9 Å². The van der Waals surface area contributed by atoms with E-state index in [2.05, 4.69) is 26.2 Å². The van der Waals surface area contributed by atoms with Crippen LogP contribution in [0.5, 0.6) is 0 Å². The maximum Gasteiger partial charge on any atom is 0.266 e. The van der Waals surface area contributed by atoms with E-state index in [1.807, 2.05) is 6.07 Å². The Morgan fingerprint density at radius 1 is 1.33 bits per heavy atom. The van der Waals surface area contributed by atoms with Gasteiger partial charge in [-0.05, 0) is 57.9 Å². The summed E-state index contributed by atoms with van der Waals surface area (Å²) in [6.45, 7) is 0. The lowest BCUT2D eigenvalue weighted by atomic mass is 10.2. The number of aromatic nitrogens is 1. The van der Waals surface area contributed by atoms with E-state index < -0.39 is 16.7 Å². The van der Waals surface area contributed by atoms with Gasteiger partial charge in [0.05, 0.1) is 21.4 Å². The van der Waals surface area contributed by atoms with Crippen LogP contribution in [0.25, 0.3) is 12.2 Å². The minimum atomic E-state index is -1.20. The third-order valence-corrected chi connectivity index (χ3v) is 4.87. The van der Waals surface area contributed by atoms with Crippen molar-refractivity contribution >= 4 is 50.5 Å². The highest BCUT2D eigenvalue weighted by atomic mass is 79.9. The number of rotatable bonds is 3. The largest absolute Gasteiger partial charge is 0.321 e. The maximum absolute atomic E-state index is 12.3. The van der Waals surface area contributed by atoms with Gasteiger partial charge in [0, 0.05) is 11.1 Å². The summed E-state index contributed by atoms with van der Waals surface area (Å²) in [6, 6.07) is 12.2. The van der Waals surface area contributed by atoms with Crippen LogP contribution in [-0.4, -0.2) is 15.1 Å². The smallest absolute Gasteiger partial charge is 0.266 e. The molecule has 0 bridgehead atoms. The minimum absolute atomic E-state index is 0.0691. The standard InChI is InChI=1S/C17H10BrN3O2S/c18-16-3-1-2-13(20-16)8-12(10-19)17(22)21-14-5-4-11-6-7-24(23)15(11)9-14/h1-9H,(H,21,22)/b12-8+. The molecule has 1 aromatic carbocycles. The van der Waals surface area contributed by atoms with Crippen molar-refractivity contribution in [2.75, 3.05) is 5.32 Å². The van der Waals surface area contributed by atoms with E-state index in [0.717, 1.165) is 5.56 Å². The summed E-state index contributed by atoms with van der Waals surface area (Å²) in [5.41, 5.74) is 1.77. The number of carbonyl (C=O) groups excluding carboxylic acids is 1. The molecule has 1 unspecified atom stereocenters. The van der Waals surface area contributed by atoms with Crippen LogP contribution in [0.1, 0.15) is 11.3 Å². The Bertz CT molecular complexity index is 961. The Morgan fingerprint density at radius 3 is 2.92 bits per heavy atom. The van der Waals surface area contributed by atoms with Crippen molar-refractivity contribution in [2.24, 2.45) is 0 Å². The number of pyridine rings is 1. The Hall–Kier alpha value is -2.56. The second-order valence-electron chi connectivity index (χ2n) is 4.86. The highest BCUT2D eigenvalue weighted by Gasteiger charge is 2.15.